The van der Waals surface area contributed by atoms with E-state index in [1.165, 1.54) is 0 Å². The van der Waals surface area contributed by atoms with Crippen molar-refractivity contribution in [2.75, 3.05) is 7.11 Å². The maximum Gasteiger partial charge on any atom is 0.126 e. The predicted molar refractivity (Wildman–Crippen MR) is 48.4 cm³/mol. The van der Waals surface area contributed by atoms with E-state index in [2.05, 4.69) is 0 Å². The number of ether oxygens (including phenoxy) is 2. The smallest absolute Gasteiger partial charge is 0.126 e. The van der Waals surface area contributed by atoms with Crippen LogP contribution in [0.15, 0.2) is 36.6 Å². The summed E-state index contributed by atoms with van der Waals surface area (Å²) in [6.45, 7) is 1.91. The van der Waals surface area contributed by atoms with Crippen LogP contribution in [0.5, 0.6) is 11.5 Å². The van der Waals surface area contributed by atoms with Crippen LogP contribution >= 0.6 is 0 Å². The third-order valence-electron chi connectivity index (χ3n) is 1.40. The van der Waals surface area contributed by atoms with Crippen LogP contribution in [-0.4, -0.2) is 7.11 Å². The molecule has 1 aromatic carbocycles. The molecule has 0 aliphatic heterocycles. The highest BCUT2D eigenvalue weighted by molar-refractivity contribution is 5.31. The lowest BCUT2D eigenvalue weighted by Crippen LogP contribution is -1.83. The molecular formula is C10H12O2. The van der Waals surface area contributed by atoms with Gasteiger partial charge in [-0.1, -0.05) is 6.08 Å². The Morgan fingerprint density at radius 2 is 1.67 bits per heavy atom. The Hall–Kier alpha value is -1.44. The van der Waals surface area contributed by atoms with Crippen molar-refractivity contribution in [2.24, 2.45) is 0 Å². The largest absolute Gasteiger partial charge is 0.497 e. The fourth-order valence-electron chi connectivity index (χ4n) is 0.801. The third kappa shape index (κ3) is 2.31. The van der Waals surface area contributed by atoms with Crippen molar-refractivity contribution < 1.29 is 9.47 Å². The number of rotatable bonds is 3. The molecule has 0 unspecified atom stereocenters. The van der Waals surface area contributed by atoms with Crippen LogP contribution in [0.3, 0.4) is 0 Å². The minimum absolute atomic E-state index is 0.814. The molecule has 0 atom stereocenters. The molecule has 0 heterocycles. The summed E-state index contributed by atoms with van der Waals surface area (Å²) in [5, 5.41) is 0. The van der Waals surface area contributed by atoms with Gasteiger partial charge in [0.15, 0.2) is 0 Å². The molecule has 12 heavy (non-hydrogen) atoms. The summed E-state index contributed by atoms with van der Waals surface area (Å²) in [6, 6.07) is 7.44. The van der Waals surface area contributed by atoms with Crippen molar-refractivity contribution in [1.82, 2.24) is 0 Å². The Balaban J connectivity index is 2.64. The SMILES string of the molecule is C/C=C/Oc1ccc(OC)cc1. The van der Waals surface area contributed by atoms with E-state index in [1.54, 1.807) is 13.4 Å². The van der Waals surface area contributed by atoms with Crippen molar-refractivity contribution >= 4 is 0 Å². The highest BCUT2D eigenvalue weighted by atomic mass is 16.5. The van der Waals surface area contributed by atoms with Crippen LogP contribution in [0.2, 0.25) is 0 Å². The summed E-state index contributed by atoms with van der Waals surface area (Å²) >= 11 is 0. The molecule has 0 spiro atoms. The first-order valence-electron chi connectivity index (χ1n) is 3.78. The molecule has 0 aliphatic rings. The minimum Gasteiger partial charge on any atom is -0.497 e. The fraction of sp³-hybridized carbons (Fsp3) is 0.200. The van der Waals surface area contributed by atoms with Crippen LogP contribution in [0.4, 0.5) is 0 Å². The van der Waals surface area contributed by atoms with Gasteiger partial charge in [-0.25, -0.2) is 0 Å². The first-order valence-corrected chi connectivity index (χ1v) is 3.78. The number of hydrogen-bond donors (Lipinski definition) is 0. The van der Waals surface area contributed by atoms with E-state index in [9.17, 15) is 0 Å². The van der Waals surface area contributed by atoms with E-state index in [0.29, 0.717) is 0 Å². The van der Waals surface area contributed by atoms with Crippen molar-refractivity contribution in [2.45, 2.75) is 6.92 Å². The molecule has 64 valence electrons. The number of benzene rings is 1. The van der Waals surface area contributed by atoms with Crippen molar-refractivity contribution in [3.8, 4) is 11.5 Å². The average Bonchev–Trinajstić information content (AvgIpc) is 2.15. The topological polar surface area (TPSA) is 18.5 Å². The lowest BCUT2D eigenvalue weighted by Gasteiger charge is -2.01. The fourth-order valence-corrected chi connectivity index (χ4v) is 0.801. The molecule has 0 aromatic heterocycles. The molecule has 1 aromatic rings. The first-order chi connectivity index (χ1) is 5.86. The first kappa shape index (κ1) is 8.65. The van der Waals surface area contributed by atoms with Crippen molar-refractivity contribution in [3.05, 3.63) is 36.6 Å². The van der Waals surface area contributed by atoms with Crippen molar-refractivity contribution in [3.63, 3.8) is 0 Å². The maximum atomic E-state index is 5.22. The maximum absolute atomic E-state index is 5.22. The standard InChI is InChI=1S/C10H12O2/c1-3-8-12-10-6-4-9(11-2)5-7-10/h3-8H,1-2H3/b8-3+. The van der Waals surface area contributed by atoms with Gasteiger partial charge < -0.3 is 9.47 Å². The molecule has 0 N–H and O–H groups in total. The molecule has 2 nitrogen and oxygen atoms in total. The molecule has 0 aliphatic carbocycles. The highest BCUT2D eigenvalue weighted by Crippen LogP contribution is 2.16. The van der Waals surface area contributed by atoms with Gasteiger partial charge in [0.1, 0.15) is 11.5 Å². The van der Waals surface area contributed by atoms with Gasteiger partial charge in [-0.3, -0.25) is 0 Å². The zero-order valence-electron chi connectivity index (χ0n) is 7.28. The molecule has 0 amide bonds. The van der Waals surface area contributed by atoms with E-state index in [0.717, 1.165) is 11.5 Å². The lowest BCUT2D eigenvalue weighted by atomic mass is 10.3. The molecule has 1 rings (SSSR count). The number of allylic oxidation sites excluding steroid dienone is 1. The predicted octanol–water partition coefficient (Wildman–Crippen LogP) is 2.61. The summed E-state index contributed by atoms with van der Waals surface area (Å²) in [5.74, 6) is 1.65. The molecule has 0 saturated heterocycles. The number of methoxy groups -OCH3 is 1. The van der Waals surface area contributed by atoms with Crippen molar-refractivity contribution in [1.29, 1.82) is 0 Å². The summed E-state index contributed by atoms with van der Waals surface area (Å²) in [5.41, 5.74) is 0. The van der Waals surface area contributed by atoms with Gasteiger partial charge in [0.2, 0.25) is 0 Å². The molecule has 0 saturated carbocycles. The summed E-state index contributed by atoms with van der Waals surface area (Å²) in [4.78, 5) is 0. The van der Waals surface area contributed by atoms with Gasteiger partial charge in [-0.2, -0.15) is 0 Å². The zero-order chi connectivity index (χ0) is 8.81. The van der Waals surface area contributed by atoms with E-state index < -0.39 is 0 Å². The van der Waals surface area contributed by atoms with E-state index in [4.69, 9.17) is 9.47 Å². The highest BCUT2D eigenvalue weighted by Gasteiger charge is 1.91. The van der Waals surface area contributed by atoms with Gasteiger partial charge in [0.05, 0.1) is 13.4 Å². The second-order valence-corrected chi connectivity index (χ2v) is 2.26. The molecule has 2 heteroatoms. The molecular weight excluding hydrogens is 152 g/mol. The van der Waals surface area contributed by atoms with Gasteiger partial charge >= 0.3 is 0 Å². The van der Waals surface area contributed by atoms with Crippen LogP contribution < -0.4 is 9.47 Å². The summed E-state index contributed by atoms with van der Waals surface area (Å²) in [6.07, 6.45) is 3.48. The third-order valence-corrected chi connectivity index (χ3v) is 1.40. The monoisotopic (exact) mass is 164 g/mol. The Bertz CT molecular complexity index is 249. The van der Waals surface area contributed by atoms with Gasteiger partial charge in [0, 0.05) is 0 Å². The Kier molecular flexibility index (Phi) is 3.20. The van der Waals surface area contributed by atoms with Crippen LogP contribution in [0.25, 0.3) is 0 Å². The van der Waals surface area contributed by atoms with Crippen LogP contribution in [-0.2, 0) is 0 Å². The molecule has 0 fully saturated rings. The zero-order valence-corrected chi connectivity index (χ0v) is 7.28. The minimum atomic E-state index is 0.814. The number of hydrogen-bond acceptors (Lipinski definition) is 2. The average molecular weight is 164 g/mol. The van der Waals surface area contributed by atoms with E-state index >= 15 is 0 Å². The molecule has 0 bridgehead atoms. The Labute approximate surface area is 72.4 Å². The summed E-state index contributed by atoms with van der Waals surface area (Å²) in [7, 11) is 1.64. The second kappa shape index (κ2) is 4.44. The van der Waals surface area contributed by atoms with Gasteiger partial charge in [-0.15, -0.1) is 0 Å². The summed E-state index contributed by atoms with van der Waals surface area (Å²) < 4.78 is 10.2. The quantitative estimate of drug-likeness (QED) is 0.639. The molecule has 0 radical (unpaired) electrons. The Morgan fingerprint density at radius 3 is 2.17 bits per heavy atom. The Morgan fingerprint density at radius 1 is 1.08 bits per heavy atom. The van der Waals surface area contributed by atoms with Gasteiger partial charge in [-0.05, 0) is 31.2 Å². The van der Waals surface area contributed by atoms with Gasteiger partial charge in [0.25, 0.3) is 0 Å². The normalized spacial score (nSPS) is 10.2. The second-order valence-electron chi connectivity index (χ2n) is 2.26. The lowest BCUT2D eigenvalue weighted by molar-refractivity contribution is 0.412. The van der Waals surface area contributed by atoms with E-state index in [1.807, 2.05) is 37.3 Å². The van der Waals surface area contributed by atoms with E-state index in [-0.39, 0.29) is 0 Å². The van der Waals surface area contributed by atoms with Crippen LogP contribution in [0, 0.1) is 0 Å². The van der Waals surface area contributed by atoms with Crippen LogP contribution in [0.1, 0.15) is 6.92 Å².